The van der Waals surface area contributed by atoms with E-state index in [4.69, 9.17) is 10.5 Å². The molecule has 2 rings (SSSR count). The lowest BCUT2D eigenvalue weighted by molar-refractivity contribution is -0.132. The van der Waals surface area contributed by atoms with Gasteiger partial charge in [0.1, 0.15) is 6.10 Å². The average molecular weight is 268 g/mol. The molecule has 0 spiro atoms. The lowest BCUT2D eigenvalue weighted by Crippen LogP contribution is -2.34. The molecule has 0 aliphatic carbocycles. The lowest BCUT2D eigenvalue weighted by Gasteiger charge is -2.12. The number of thiophene rings is 1. The number of nitrogens with one attached hydrogen (secondary N) is 1. The van der Waals surface area contributed by atoms with Gasteiger partial charge in [-0.15, -0.1) is 11.3 Å². The van der Waals surface area contributed by atoms with Crippen molar-refractivity contribution < 1.29 is 9.53 Å². The zero-order valence-electron chi connectivity index (χ0n) is 10.6. The molecule has 1 aliphatic rings. The van der Waals surface area contributed by atoms with E-state index < -0.39 is 0 Å². The van der Waals surface area contributed by atoms with Crippen molar-refractivity contribution in [3.63, 3.8) is 0 Å². The third kappa shape index (κ3) is 3.31. The number of aryl methyl sites for hydroxylation is 1. The quantitative estimate of drug-likeness (QED) is 0.849. The van der Waals surface area contributed by atoms with E-state index in [1.165, 1.54) is 9.75 Å². The van der Waals surface area contributed by atoms with E-state index in [0.717, 1.165) is 19.3 Å². The summed E-state index contributed by atoms with van der Waals surface area (Å²) < 4.78 is 5.55. The molecular weight excluding hydrogens is 248 g/mol. The van der Waals surface area contributed by atoms with E-state index in [9.17, 15) is 4.79 Å². The average Bonchev–Trinajstić information content (AvgIpc) is 3.04. The first-order valence-electron chi connectivity index (χ1n) is 6.43. The number of rotatable bonds is 5. The Bertz CT molecular complexity index is 405. The maximum atomic E-state index is 11.9. The van der Waals surface area contributed by atoms with E-state index in [-0.39, 0.29) is 18.1 Å². The van der Waals surface area contributed by atoms with Gasteiger partial charge in [-0.1, -0.05) is 6.92 Å². The van der Waals surface area contributed by atoms with Gasteiger partial charge in [0.2, 0.25) is 5.91 Å². The molecule has 2 heterocycles. The molecule has 1 amide bonds. The van der Waals surface area contributed by atoms with Crippen molar-refractivity contribution in [2.24, 2.45) is 5.73 Å². The molecule has 0 aromatic carbocycles. The van der Waals surface area contributed by atoms with Crippen molar-refractivity contribution >= 4 is 17.2 Å². The Hall–Kier alpha value is -0.910. The molecule has 0 bridgehead atoms. The van der Waals surface area contributed by atoms with Crippen LogP contribution in [-0.4, -0.2) is 24.7 Å². The molecule has 100 valence electrons. The molecule has 1 aromatic rings. The van der Waals surface area contributed by atoms with Gasteiger partial charge in [0.25, 0.3) is 0 Å². The molecule has 1 fully saturated rings. The highest BCUT2D eigenvalue weighted by atomic mass is 32.1. The Kier molecular flexibility index (Phi) is 4.74. The van der Waals surface area contributed by atoms with Crippen LogP contribution < -0.4 is 11.1 Å². The molecule has 1 aromatic heterocycles. The van der Waals surface area contributed by atoms with Gasteiger partial charge in [-0.3, -0.25) is 4.79 Å². The first-order chi connectivity index (χ1) is 8.72. The Morgan fingerprint density at radius 2 is 2.28 bits per heavy atom. The standard InChI is InChI=1S/C13H20N2O2S/c1-2-10-4-5-11(18-10)8-15-13(16)12-6-3-9(7-14)17-12/h4-5,9,12H,2-3,6-8,14H2,1H3,(H,15,16). The van der Waals surface area contributed by atoms with Gasteiger partial charge in [-0.25, -0.2) is 0 Å². The highest BCUT2D eigenvalue weighted by molar-refractivity contribution is 7.11. The maximum Gasteiger partial charge on any atom is 0.249 e. The normalized spacial score (nSPS) is 23.2. The van der Waals surface area contributed by atoms with E-state index in [1.54, 1.807) is 11.3 Å². The fourth-order valence-corrected chi connectivity index (χ4v) is 2.96. The predicted octanol–water partition coefficient (Wildman–Crippen LogP) is 1.43. The summed E-state index contributed by atoms with van der Waals surface area (Å²) in [5.74, 6) is -0.0163. The van der Waals surface area contributed by atoms with Gasteiger partial charge < -0.3 is 15.8 Å². The Balaban J connectivity index is 1.78. The SMILES string of the molecule is CCc1ccc(CNC(=O)C2CCC(CN)O2)s1. The summed E-state index contributed by atoms with van der Waals surface area (Å²) in [5, 5.41) is 2.93. The van der Waals surface area contributed by atoms with Crippen LogP contribution >= 0.6 is 11.3 Å². The van der Waals surface area contributed by atoms with Crippen LogP contribution in [0.1, 0.15) is 29.5 Å². The second-order valence-electron chi connectivity index (χ2n) is 4.50. The van der Waals surface area contributed by atoms with Gasteiger partial charge in [0.15, 0.2) is 0 Å². The largest absolute Gasteiger partial charge is 0.364 e. The van der Waals surface area contributed by atoms with Crippen LogP contribution in [0.3, 0.4) is 0 Å². The van der Waals surface area contributed by atoms with Crippen molar-refractivity contribution in [3.8, 4) is 0 Å². The van der Waals surface area contributed by atoms with Crippen LogP contribution in [0.5, 0.6) is 0 Å². The monoisotopic (exact) mass is 268 g/mol. The Labute approximate surface area is 112 Å². The Morgan fingerprint density at radius 3 is 2.89 bits per heavy atom. The van der Waals surface area contributed by atoms with Crippen molar-refractivity contribution in [2.45, 2.75) is 44.9 Å². The number of nitrogens with two attached hydrogens (primary N) is 1. The Morgan fingerprint density at radius 1 is 1.50 bits per heavy atom. The zero-order valence-corrected chi connectivity index (χ0v) is 11.5. The van der Waals surface area contributed by atoms with Crippen molar-refractivity contribution in [1.82, 2.24) is 5.32 Å². The molecule has 18 heavy (non-hydrogen) atoms. The van der Waals surface area contributed by atoms with E-state index in [1.807, 2.05) is 0 Å². The summed E-state index contributed by atoms with van der Waals surface area (Å²) in [6.45, 7) is 3.22. The molecule has 3 N–H and O–H groups in total. The summed E-state index contributed by atoms with van der Waals surface area (Å²) in [4.78, 5) is 14.4. The van der Waals surface area contributed by atoms with E-state index in [0.29, 0.717) is 13.1 Å². The third-order valence-corrected chi connectivity index (χ3v) is 4.40. The van der Waals surface area contributed by atoms with Gasteiger partial charge in [0.05, 0.1) is 12.6 Å². The van der Waals surface area contributed by atoms with Crippen LogP contribution in [0.15, 0.2) is 12.1 Å². The molecule has 4 nitrogen and oxygen atoms in total. The van der Waals surface area contributed by atoms with E-state index >= 15 is 0 Å². The number of amides is 1. The molecular formula is C13H20N2O2S. The molecule has 2 atom stereocenters. The zero-order chi connectivity index (χ0) is 13.0. The highest BCUT2D eigenvalue weighted by Gasteiger charge is 2.29. The molecule has 0 saturated carbocycles. The first-order valence-corrected chi connectivity index (χ1v) is 7.25. The maximum absolute atomic E-state index is 11.9. The third-order valence-electron chi connectivity index (χ3n) is 3.17. The van der Waals surface area contributed by atoms with Gasteiger partial charge in [-0.2, -0.15) is 0 Å². The fourth-order valence-electron chi connectivity index (χ4n) is 2.07. The van der Waals surface area contributed by atoms with Gasteiger partial charge in [-0.05, 0) is 31.4 Å². The van der Waals surface area contributed by atoms with Crippen LogP contribution in [0.2, 0.25) is 0 Å². The van der Waals surface area contributed by atoms with Crippen LogP contribution in [0, 0.1) is 0 Å². The van der Waals surface area contributed by atoms with Crippen molar-refractivity contribution in [1.29, 1.82) is 0 Å². The first kappa shape index (κ1) is 13.5. The van der Waals surface area contributed by atoms with Crippen LogP contribution in [0.25, 0.3) is 0 Å². The summed E-state index contributed by atoms with van der Waals surface area (Å²) >= 11 is 1.75. The van der Waals surface area contributed by atoms with Crippen LogP contribution in [0.4, 0.5) is 0 Å². The fraction of sp³-hybridized carbons (Fsp3) is 0.615. The number of ether oxygens (including phenoxy) is 1. The highest BCUT2D eigenvalue weighted by Crippen LogP contribution is 2.20. The minimum Gasteiger partial charge on any atom is -0.364 e. The molecule has 1 aliphatic heterocycles. The van der Waals surface area contributed by atoms with Crippen molar-refractivity contribution in [2.75, 3.05) is 6.54 Å². The van der Waals surface area contributed by atoms with E-state index in [2.05, 4.69) is 24.4 Å². The van der Waals surface area contributed by atoms with Crippen molar-refractivity contribution in [3.05, 3.63) is 21.9 Å². The predicted molar refractivity (Wildman–Crippen MR) is 72.5 cm³/mol. The second-order valence-corrected chi connectivity index (χ2v) is 5.75. The second kappa shape index (κ2) is 6.31. The minimum absolute atomic E-state index is 0.0163. The topological polar surface area (TPSA) is 64.4 Å². The van der Waals surface area contributed by atoms with Crippen LogP contribution in [-0.2, 0) is 22.5 Å². The number of hydrogen-bond acceptors (Lipinski definition) is 4. The number of carbonyl (C=O) groups excluding carboxylic acids is 1. The smallest absolute Gasteiger partial charge is 0.249 e. The molecule has 1 saturated heterocycles. The summed E-state index contributed by atoms with van der Waals surface area (Å²) in [7, 11) is 0. The molecule has 5 heteroatoms. The molecule has 0 radical (unpaired) electrons. The lowest BCUT2D eigenvalue weighted by atomic mass is 10.2. The van der Waals surface area contributed by atoms with Gasteiger partial charge in [0, 0.05) is 16.3 Å². The summed E-state index contributed by atoms with van der Waals surface area (Å²) in [5.41, 5.74) is 5.52. The summed E-state index contributed by atoms with van der Waals surface area (Å²) in [6, 6.07) is 4.19. The molecule has 2 unspecified atom stereocenters. The van der Waals surface area contributed by atoms with Gasteiger partial charge >= 0.3 is 0 Å². The minimum atomic E-state index is -0.316. The summed E-state index contributed by atoms with van der Waals surface area (Å²) in [6.07, 6.45) is 2.44. The number of carbonyl (C=O) groups is 1. The number of hydrogen-bond donors (Lipinski definition) is 2.